The van der Waals surface area contributed by atoms with Gasteiger partial charge in [0.1, 0.15) is 11.4 Å². The molecule has 0 radical (unpaired) electrons. The van der Waals surface area contributed by atoms with Crippen LogP contribution in [0.15, 0.2) is 47.1 Å². The molecule has 156 valence electrons. The maximum absolute atomic E-state index is 11.2. The second kappa shape index (κ2) is 8.93. The van der Waals surface area contributed by atoms with Crippen molar-refractivity contribution in [2.75, 3.05) is 38.7 Å². The number of aromatic nitrogens is 2. The number of hydrogen-bond acceptors (Lipinski definition) is 8. The summed E-state index contributed by atoms with van der Waals surface area (Å²) < 4.78 is 16.7. The second-order valence-electron chi connectivity index (χ2n) is 6.91. The molecule has 4 rings (SSSR count). The lowest BCUT2D eigenvalue weighted by Crippen LogP contribution is -2.35. The van der Waals surface area contributed by atoms with E-state index in [1.165, 1.54) is 6.20 Å². The normalized spacial score (nSPS) is 14.4. The highest BCUT2D eigenvalue weighted by Gasteiger charge is 2.13. The maximum Gasteiger partial charge on any atom is 0.299 e. The fourth-order valence-corrected chi connectivity index (χ4v) is 3.23. The average Bonchev–Trinajstić information content (AvgIpc) is 3.22. The van der Waals surface area contributed by atoms with Crippen molar-refractivity contribution in [3.63, 3.8) is 0 Å². The molecule has 1 aromatic carbocycles. The number of carbonyl (C=O) groups is 1. The van der Waals surface area contributed by atoms with Gasteiger partial charge in [0.15, 0.2) is 5.76 Å². The molecule has 0 unspecified atom stereocenters. The number of benzene rings is 1. The van der Waals surface area contributed by atoms with Gasteiger partial charge in [0.05, 0.1) is 26.5 Å². The van der Waals surface area contributed by atoms with Crippen molar-refractivity contribution in [3.05, 3.63) is 54.0 Å². The highest BCUT2D eigenvalue weighted by molar-refractivity contribution is 5.90. The van der Waals surface area contributed by atoms with E-state index in [-0.39, 0.29) is 5.69 Å². The molecule has 9 nitrogen and oxygen atoms in total. The van der Waals surface area contributed by atoms with Gasteiger partial charge in [-0.25, -0.2) is 4.98 Å². The lowest BCUT2D eigenvalue weighted by Gasteiger charge is -2.26. The average molecular weight is 409 g/mol. The summed E-state index contributed by atoms with van der Waals surface area (Å²) in [7, 11) is 1.64. The summed E-state index contributed by atoms with van der Waals surface area (Å²) in [6.45, 7) is 4.13. The van der Waals surface area contributed by atoms with Crippen LogP contribution in [0.2, 0.25) is 0 Å². The van der Waals surface area contributed by atoms with Crippen LogP contribution in [0.1, 0.15) is 16.1 Å². The maximum atomic E-state index is 11.2. The molecular weight excluding hydrogens is 386 g/mol. The summed E-state index contributed by atoms with van der Waals surface area (Å²) in [4.78, 5) is 21.8. The highest BCUT2D eigenvalue weighted by Crippen LogP contribution is 2.27. The number of rotatable bonds is 7. The molecule has 1 amide bonds. The molecule has 1 aliphatic rings. The summed E-state index contributed by atoms with van der Waals surface area (Å²) in [6, 6.07) is 9.56. The summed E-state index contributed by atoms with van der Waals surface area (Å²) in [5, 5.41) is 3.18. The zero-order chi connectivity index (χ0) is 20.9. The van der Waals surface area contributed by atoms with Gasteiger partial charge in [-0.15, -0.1) is 0 Å². The standard InChI is InChI=1S/C21H23N5O4/c1-28-17-9-14(13-26-4-6-29-7-5-26)8-16(10-17)25-21-24-12-19(30-21)15-2-3-18(20(22)27)23-11-15/h2-3,8-12H,4-7,13H2,1H3,(H2,22,27)(H,24,25). The number of amides is 1. The minimum Gasteiger partial charge on any atom is -0.497 e. The van der Waals surface area contributed by atoms with Crippen LogP contribution in [0.4, 0.5) is 11.7 Å². The van der Waals surface area contributed by atoms with Gasteiger partial charge in [0.25, 0.3) is 11.9 Å². The largest absolute Gasteiger partial charge is 0.497 e. The van der Waals surface area contributed by atoms with Gasteiger partial charge in [-0.1, -0.05) is 0 Å². The van der Waals surface area contributed by atoms with Gasteiger partial charge in [-0.2, -0.15) is 0 Å². The van der Waals surface area contributed by atoms with E-state index in [0.29, 0.717) is 17.3 Å². The summed E-state index contributed by atoms with van der Waals surface area (Å²) >= 11 is 0. The molecule has 1 fully saturated rings. The SMILES string of the molecule is COc1cc(CN2CCOCC2)cc(Nc2ncc(-c3ccc(C(N)=O)nc3)o2)c1. The summed E-state index contributed by atoms with van der Waals surface area (Å²) in [5.41, 5.74) is 8.04. The first-order chi connectivity index (χ1) is 14.6. The number of morpholine rings is 1. The van der Waals surface area contributed by atoms with Crippen LogP contribution in [-0.4, -0.2) is 54.2 Å². The Bertz CT molecular complexity index is 1010. The monoisotopic (exact) mass is 409 g/mol. The molecule has 2 aromatic heterocycles. The molecule has 3 N–H and O–H groups in total. The minimum absolute atomic E-state index is 0.195. The Morgan fingerprint density at radius 1 is 1.20 bits per heavy atom. The van der Waals surface area contributed by atoms with Crippen molar-refractivity contribution < 1.29 is 18.7 Å². The Morgan fingerprint density at radius 2 is 2.03 bits per heavy atom. The first-order valence-electron chi connectivity index (χ1n) is 9.58. The van der Waals surface area contributed by atoms with Gasteiger partial charge in [-0.3, -0.25) is 14.7 Å². The topological polar surface area (TPSA) is 116 Å². The number of ether oxygens (including phenoxy) is 2. The smallest absolute Gasteiger partial charge is 0.299 e. The van der Waals surface area contributed by atoms with E-state index in [9.17, 15) is 4.79 Å². The molecule has 3 aromatic rings. The molecule has 1 saturated heterocycles. The Hall–Kier alpha value is -3.43. The van der Waals surface area contributed by atoms with Gasteiger partial charge in [-0.05, 0) is 29.8 Å². The van der Waals surface area contributed by atoms with E-state index in [0.717, 1.165) is 49.8 Å². The highest BCUT2D eigenvalue weighted by atomic mass is 16.5. The van der Waals surface area contributed by atoms with Gasteiger partial charge in [0, 0.05) is 43.1 Å². The lowest BCUT2D eigenvalue weighted by molar-refractivity contribution is 0.0342. The third-order valence-corrected chi connectivity index (χ3v) is 4.77. The second-order valence-corrected chi connectivity index (χ2v) is 6.91. The Kier molecular flexibility index (Phi) is 5.92. The van der Waals surface area contributed by atoms with Crippen LogP contribution in [0, 0.1) is 0 Å². The fraction of sp³-hybridized carbons (Fsp3) is 0.286. The molecule has 0 saturated carbocycles. The molecule has 3 heterocycles. The number of oxazole rings is 1. The van der Waals surface area contributed by atoms with Crippen LogP contribution in [0.5, 0.6) is 5.75 Å². The van der Waals surface area contributed by atoms with Gasteiger partial charge < -0.3 is 24.9 Å². The summed E-state index contributed by atoms with van der Waals surface area (Å²) in [6.07, 6.45) is 3.12. The van der Waals surface area contributed by atoms with E-state index in [4.69, 9.17) is 19.6 Å². The zero-order valence-electron chi connectivity index (χ0n) is 16.6. The Balaban J connectivity index is 1.49. The quantitative estimate of drug-likeness (QED) is 0.611. The lowest BCUT2D eigenvalue weighted by atomic mass is 10.1. The molecule has 0 atom stereocenters. The predicted molar refractivity (Wildman–Crippen MR) is 111 cm³/mol. The molecule has 30 heavy (non-hydrogen) atoms. The molecule has 0 spiro atoms. The van der Waals surface area contributed by atoms with Gasteiger partial charge >= 0.3 is 0 Å². The van der Waals surface area contributed by atoms with Crippen molar-refractivity contribution in [2.24, 2.45) is 5.73 Å². The first kappa shape index (κ1) is 19.9. The number of nitrogens with two attached hydrogens (primary N) is 1. The number of nitrogens with one attached hydrogen (secondary N) is 1. The number of hydrogen-bond donors (Lipinski definition) is 2. The molecule has 1 aliphatic heterocycles. The number of pyridine rings is 1. The zero-order valence-corrected chi connectivity index (χ0v) is 16.6. The third kappa shape index (κ3) is 4.76. The molecule has 9 heteroatoms. The van der Waals surface area contributed by atoms with Crippen molar-refractivity contribution in [2.45, 2.75) is 6.54 Å². The minimum atomic E-state index is -0.576. The number of anilines is 2. The van der Waals surface area contributed by atoms with Crippen molar-refractivity contribution >= 4 is 17.6 Å². The van der Waals surface area contributed by atoms with E-state index in [2.05, 4.69) is 20.2 Å². The number of methoxy groups -OCH3 is 1. The van der Waals surface area contributed by atoms with Crippen LogP contribution >= 0.6 is 0 Å². The number of primary amides is 1. The Morgan fingerprint density at radius 3 is 2.73 bits per heavy atom. The van der Waals surface area contributed by atoms with E-state index in [1.807, 2.05) is 18.2 Å². The van der Waals surface area contributed by atoms with Crippen molar-refractivity contribution in [1.29, 1.82) is 0 Å². The van der Waals surface area contributed by atoms with E-state index >= 15 is 0 Å². The molecule has 0 bridgehead atoms. The van der Waals surface area contributed by atoms with Crippen LogP contribution in [0.3, 0.4) is 0 Å². The van der Waals surface area contributed by atoms with Crippen molar-refractivity contribution in [3.8, 4) is 17.1 Å². The van der Waals surface area contributed by atoms with Crippen LogP contribution in [-0.2, 0) is 11.3 Å². The third-order valence-electron chi connectivity index (χ3n) is 4.77. The van der Waals surface area contributed by atoms with Gasteiger partial charge in [0.2, 0.25) is 0 Å². The Labute approximate surface area is 173 Å². The van der Waals surface area contributed by atoms with E-state index in [1.54, 1.807) is 25.4 Å². The summed E-state index contributed by atoms with van der Waals surface area (Å²) in [5.74, 6) is 0.700. The molecular formula is C21H23N5O4. The molecule has 0 aliphatic carbocycles. The van der Waals surface area contributed by atoms with Crippen LogP contribution in [0.25, 0.3) is 11.3 Å². The fourth-order valence-electron chi connectivity index (χ4n) is 3.23. The van der Waals surface area contributed by atoms with Crippen LogP contribution < -0.4 is 15.8 Å². The number of nitrogens with zero attached hydrogens (tertiary/aromatic N) is 3. The predicted octanol–water partition coefficient (Wildman–Crippen LogP) is 2.42. The van der Waals surface area contributed by atoms with Crippen molar-refractivity contribution in [1.82, 2.24) is 14.9 Å². The number of carbonyl (C=O) groups excluding carboxylic acids is 1. The first-order valence-corrected chi connectivity index (χ1v) is 9.58. The van der Waals surface area contributed by atoms with E-state index < -0.39 is 5.91 Å².